The van der Waals surface area contributed by atoms with Crippen LogP contribution in [0.3, 0.4) is 0 Å². The second-order valence-corrected chi connectivity index (χ2v) is 6.80. The van der Waals surface area contributed by atoms with Gasteiger partial charge < -0.3 is 10.5 Å². The van der Waals surface area contributed by atoms with E-state index in [1.165, 1.54) is 4.90 Å². The highest BCUT2D eigenvalue weighted by Crippen LogP contribution is 2.30. The fourth-order valence-electron chi connectivity index (χ4n) is 2.60. The fourth-order valence-corrected chi connectivity index (χ4v) is 2.60. The molecule has 2 aromatic rings. The lowest BCUT2D eigenvalue weighted by molar-refractivity contribution is 0.0857. The van der Waals surface area contributed by atoms with Crippen molar-refractivity contribution >= 4 is 11.9 Å². The molecular weight excluding hydrogens is 316 g/mol. The first kappa shape index (κ1) is 17.0. The summed E-state index contributed by atoms with van der Waals surface area (Å²) in [6.07, 6.45) is 1.79. The van der Waals surface area contributed by atoms with E-state index in [1.54, 1.807) is 13.2 Å². The molecule has 1 amide bonds. The van der Waals surface area contributed by atoms with Gasteiger partial charge in [0.15, 0.2) is 5.96 Å². The van der Waals surface area contributed by atoms with E-state index in [0.29, 0.717) is 17.9 Å². The number of benzene rings is 1. The van der Waals surface area contributed by atoms with Crippen molar-refractivity contribution in [3.63, 3.8) is 0 Å². The van der Waals surface area contributed by atoms with Crippen LogP contribution in [0.2, 0.25) is 0 Å². The Labute approximate surface area is 147 Å². The zero-order valence-electron chi connectivity index (χ0n) is 14.9. The summed E-state index contributed by atoms with van der Waals surface area (Å²) in [7, 11) is 1.61. The molecular formula is C19H22N4O2. The second kappa shape index (κ2) is 6.20. The number of fused-ring (bicyclic) bond motifs is 1. The van der Waals surface area contributed by atoms with Gasteiger partial charge >= 0.3 is 0 Å². The number of amides is 1. The first-order valence-electron chi connectivity index (χ1n) is 8.11. The third kappa shape index (κ3) is 3.47. The van der Waals surface area contributed by atoms with Gasteiger partial charge in [0.2, 0.25) is 0 Å². The number of carbonyl (C=O) groups excluding carboxylic acids is 1. The van der Waals surface area contributed by atoms with Crippen LogP contribution in [0.4, 0.5) is 0 Å². The third-order valence-corrected chi connectivity index (χ3v) is 4.11. The van der Waals surface area contributed by atoms with Crippen LogP contribution < -0.4 is 10.5 Å². The standard InChI is InChI=1S/C19H22N4O2/c1-12-5-6-14(10-21-12)13-7-8-16-15(9-13)17(24)23(4)18(20)22-11-19(2,3)25-16/h5-10H,11H2,1-4H3,(H2,20,22). The maximum atomic E-state index is 12.9. The van der Waals surface area contributed by atoms with Crippen molar-refractivity contribution in [1.82, 2.24) is 9.88 Å². The van der Waals surface area contributed by atoms with Crippen LogP contribution in [0.25, 0.3) is 11.1 Å². The summed E-state index contributed by atoms with van der Waals surface area (Å²) in [4.78, 5) is 22.8. The molecule has 1 aromatic carbocycles. The van der Waals surface area contributed by atoms with Crippen molar-refractivity contribution in [3.8, 4) is 16.9 Å². The van der Waals surface area contributed by atoms with Gasteiger partial charge in [-0.05, 0) is 44.5 Å². The fraction of sp³-hybridized carbons (Fsp3) is 0.316. The zero-order chi connectivity index (χ0) is 18.2. The SMILES string of the molecule is Cc1ccc(-c2ccc3c(c2)C(=O)N(C)C(N)=NCC(C)(C)O3)cn1. The van der Waals surface area contributed by atoms with Gasteiger partial charge in [-0.1, -0.05) is 12.1 Å². The van der Waals surface area contributed by atoms with Crippen molar-refractivity contribution < 1.29 is 9.53 Å². The molecule has 0 spiro atoms. The first-order valence-corrected chi connectivity index (χ1v) is 8.11. The average molecular weight is 338 g/mol. The molecule has 6 heteroatoms. The number of aliphatic imine (C=N–C) groups is 1. The van der Waals surface area contributed by atoms with Crippen LogP contribution in [-0.2, 0) is 0 Å². The number of guanidine groups is 1. The lowest BCUT2D eigenvalue weighted by Gasteiger charge is -2.25. The van der Waals surface area contributed by atoms with Gasteiger partial charge in [-0.3, -0.25) is 14.7 Å². The molecule has 0 bridgehead atoms. The van der Waals surface area contributed by atoms with Crippen LogP contribution in [0.15, 0.2) is 41.5 Å². The molecule has 0 aliphatic carbocycles. The van der Waals surface area contributed by atoms with E-state index in [9.17, 15) is 4.79 Å². The van der Waals surface area contributed by atoms with Gasteiger partial charge in [0.25, 0.3) is 5.91 Å². The Morgan fingerprint density at radius 2 is 1.92 bits per heavy atom. The van der Waals surface area contributed by atoms with E-state index in [1.807, 2.05) is 51.1 Å². The molecule has 0 fully saturated rings. The van der Waals surface area contributed by atoms with E-state index < -0.39 is 5.60 Å². The summed E-state index contributed by atoms with van der Waals surface area (Å²) in [6, 6.07) is 9.48. The van der Waals surface area contributed by atoms with Gasteiger partial charge in [0, 0.05) is 24.5 Å². The van der Waals surface area contributed by atoms with Crippen molar-refractivity contribution in [1.29, 1.82) is 0 Å². The molecule has 1 aliphatic heterocycles. The summed E-state index contributed by atoms with van der Waals surface area (Å²) in [5.41, 5.74) is 8.59. The highest BCUT2D eigenvalue weighted by atomic mass is 16.5. The summed E-state index contributed by atoms with van der Waals surface area (Å²) in [6.45, 7) is 6.13. The lowest BCUT2D eigenvalue weighted by Crippen LogP contribution is -2.39. The number of nitrogens with two attached hydrogens (primary N) is 1. The van der Waals surface area contributed by atoms with Gasteiger partial charge in [-0.15, -0.1) is 0 Å². The number of aromatic nitrogens is 1. The minimum atomic E-state index is -0.572. The maximum Gasteiger partial charge on any atom is 0.264 e. The molecule has 2 N–H and O–H groups in total. The lowest BCUT2D eigenvalue weighted by atomic mass is 10.0. The highest BCUT2D eigenvalue weighted by molar-refractivity contribution is 6.07. The summed E-state index contributed by atoms with van der Waals surface area (Å²) in [5.74, 6) is 0.448. The van der Waals surface area contributed by atoms with Crippen LogP contribution >= 0.6 is 0 Å². The van der Waals surface area contributed by atoms with Crippen molar-refractivity contribution in [2.45, 2.75) is 26.4 Å². The molecule has 1 aliphatic rings. The summed E-state index contributed by atoms with van der Waals surface area (Å²) < 4.78 is 6.06. The molecule has 2 heterocycles. The third-order valence-electron chi connectivity index (χ3n) is 4.11. The Kier molecular flexibility index (Phi) is 4.20. The summed E-state index contributed by atoms with van der Waals surface area (Å²) >= 11 is 0. The monoisotopic (exact) mass is 338 g/mol. The Bertz CT molecular complexity index is 841. The molecule has 1 aromatic heterocycles. The molecule has 25 heavy (non-hydrogen) atoms. The van der Waals surface area contributed by atoms with E-state index >= 15 is 0 Å². The molecule has 3 rings (SSSR count). The largest absolute Gasteiger partial charge is 0.485 e. The quantitative estimate of drug-likeness (QED) is 0.867. The van der Waals surface area contributed by atoms with E-state index in [4.69, 9.17) is 10.5 Å². The van der Waals surface area contributed by atoms with Crippen molar-refractivity contribution in [2.24, 2.45) is 10.7 Å². The predicted octanol–water partition coefficient (Wildman–Crippen LogP) is 2.61. The zero-order valence-corrected chi connectivity index (χ0v) is 14.9. The Balaban J connectivity index is 2.11. The number of aryl methyl sites for hydroxylation is 1. The van der Waals surface area contributed by atoms with Crippen LogP contribution in [0, 0.1) is 6.92 Å². The van der Waals surface area contributed by atoms with Gasteiger partial charge in [-0.25, -0.2) is 4.99 Å². The summed E-state index contributed by atoms with van der Waals surface area (Å²) in [5, 5.41) is 0. The molecule has 0 unspecified atom stereocenters. The number of hydrogen-bond acceptors (Lipinski definition) is 5. The van der Waals surface area contributed by atoms with Crippen molar-refractivity contribution in [3.05, 3.63) is 47.8 Å². The number of hydrogen-bond donors (Lipinski definition) is 1. The molecule has 0 atom stereocenters. The van der Waals surface area contributed by atoms with E-state index in [0.717, 1.165) is 16.8 Å². The number of nitrogens with zero attached hydrogens (tertiary/aromatic N) is 3. The highest BCUT2D eigenvalue weighted by Gasteiger charge is 2.28. The predicted molar refractivity (Wildman–Crippen MR) is 97.7 cm³/mol. The number of rotatable bonds is 1. The Hall–Kier alpha value is -2.89. The van der Waals surface area contributed by atoms with E-state index in [-0.39, 0.29) is 11.9 Å². The topological polar surface area (TPSA) is 80.8 Å². The van der Waals surface area contributed by atoms with Gasteiger partial charge in [0.1, 0.15) is 11.4 Å². The van der Waals surface area contributed by atoms with Crippen molar-refractivity contribution in [2.75, 3.05) is 13.6 Å². The van der Waals surface area contributed by atoms with Gasteiger partial charge in [-0.2, -0.15) is 0 Å². The number of ether oxygens (including phenoxy) is 1. The molecule has 130 valence electrons. The normalized spacial score (nSPS) is 16.9. The average Bonchev–Trinajstić information content (AvgIpc) is 2.61. The van der Waals surface area contributed by atoms with Crippen LogP contribution in [0.1, 0.15) is 29.9 Å². The first-order chi connectivity index (χ1) is 11.8. The molecule has 0 saturated heterocycles. The van der Waals surface area contributed by atoms with Gasteiger partial charge in [0.05, 0.1) is 12.1 Å². The van der Waals surface area contributed by atoms with E-state index in [2.05, 4.69) is 9.98 Å². The smallest absolute Gasteiger partial charge is 0.264 e. The molecule has 0 saturated carbocycles. The Morgan fingerprint density at radius 3 is 2.60 bits per heavy atom. The van der Waals surface area contributed by atoms with Crippen LogP contribution in [0.5, 0.6) is 5.75 Å². The Morgan fingerprint density at radius 1 is 1.20 bits per heavy atom. The second-order valence-electron chi connectivity index (χ2n) is 6.80. The van der Waals surface area contributed by atoms with Crippen LogP contribution in [-0.4, -0.2) is 40.9 Å². The number of carbonyl (C=O) groups is 1. The maximum absolute atomic E-state index is 12.9. The molecule has 6 nitrogen and oxygen atoms in total. The number of pyridine rings is 1. The minimum absolute atomic E-state index is 0.178. The minimum Gasteiger partial charge on any atom is -0.485 e. The molecule has 0 radical (unpaired) electrons.